The zero-order chi connectivity index (χ0) is 13.8. The maximum atomic E-state index is 5.69. The minimum atomic E-state index is 0.377. The van der Waals surface area contributed by atoms with E-state index in [-0.39, 0.29) is 0 Å². The molecule has 0 radical (unpaired) electrons. The van der Waals surface area contributed by atoms with Gasteiger partial charge in [0.2, 0.25) is 5.95 Å². The molecule has 1 aromatic carbocycles. The first kappa shape index (κ1) is 13.2. The van der Waals surface area contributed by atoms with Crippen molar-refractivity contribution in [1.82, 2.24) is 14.8 Å². The van der Waals surface area contributed by atoms with Gasteiger partial charge < -0.3 is 15.2 Å². The van der Waals surface area contributed by atoms with Gasteiger partial charge in [0, 0.05) is 12.6 Å². The second kappa shape index (κ2) is 5.60. The molecule has 0 saturated carbocycles. The van der Waals surface area contributed by atoms with Crippen LogP contribution >= 0.6 is 0 Å². The van der Waals surface area contributed by atoms with Crippen LogP contribution in [0.1, 0.15) is 13.8 Å². The molecule has 2 aromatic rings. The molecule has 0 spiro atoms. The van der Waals surface area contributed by atoms with Crippen molar-refractivity contribution < 1.29 is 9.47 Å². The Labute approximate surface area is 112 Å². The maximum Gasteiger partial charge on any atom is 0.218 e. The molecule has 0 aliphatic carbocycles. The molecule has 2 N–H and O–H groups in total. The van der Waals surface area contributed by atoms with Crippen molar-refractivity contribution in [3.8, 4) is 22.9 Å². The van der Waals surface area contributed by atoms with E-state index in [0.717, 1.165) is 11.3 Å². The standard InChI is InChI=1S/C13H18N4O2/c1-4-18-10-7-6-9(8-11(10)19-5-2)12-15-13(14)17(3)16-12/h6-8H,4-5H2,1-3H3,(H2,14,15,16). The van der Waals surface area contributed by atoms with Gasteiger partial charge in [-0.2, -0.15) is 4.98 Å². The summed E-state index contributed by atoms with van der Waals surface area (Å²) in [5, 5.41) is 4.24. The molecule has 2 rings (SSSR count). The quantitative estimate of drug-likeness (QED) is 0.890. The number of hydrogen-bond donors (Lipinski definition) is 1. The van der Waals surface area contributed by atoms with Gasteiger partial charge >= 0.3 is 0 Å². The van der Waals surface area contributed by atoms with Crippen molar-refractivity contribution in [2.45, 2.75) is 13.8 Å². The van der Waals surface area contributed by atoms with Gasteiger partial charge in [-0.05, 0) is 32.0 Å². The number of nitrogens with two attached hydrogens (primary N) is 1. The third-order valence-corrected chi connectivity index (χ3v) is 2.60. The topological polar surface area (TPSA) is 75.2 Å². The van der Waals surface area contributed by atoms with Crippen LogP contribution in [0, 0.1) is 0 Å². The van der Waals surface area contributed by atoms with E-state index in [2.05, 4.69) is 10.1 Å². The van der Waals surface area contributed by atoms with E-state index < -0.39 is 0 Å². The van der Waals surface area contributed by atoms with Crippen LogP contribution in [0.15, 0.2) is 18.2 Å². The molecule has 6 heteroatoms. The van der Waals surface area contributed by atoms with Gasteiger partial charge in [0.1, 0.15) is 0 Å². The summed E-state index contributed by atoms with van der Waals surface area (Å²) in [7, 11) is 1.75. The third-order valence-electron chi connectivity index (χ3n) is 2.60. The van der Waals surface area contributed by atoms with Crippen molar-refractivity contribution in [3.63, 3.8) is 0 Å². The second-order valence-corrected chi connectivity index (χ2v) is 3.94. The summed E-state index contributed by atoms with van der Waals surface area (Å²) < 4.78 is 12.6. The van der Waals surface area contributed by atoms with Crippen molar-refractivity contribution in [3.05, 3.63) is 18.2 Å². The number of aryl methyl sites for hydroxylation is 1. The van der Waals surface area contributed by atoms with Gasteiger partial charge in [-0.15, -0.1) is 5.10 Å². The Balaban J connectivity index is 2.39. The average Bonchev–Trinajstić information content (AvgIpc) is 2.72. The molecule has 0 atom stereocenters. The van der Waals surface area contributed by atoms with E-state index in [9.17, 15) is 0 Å². The normalized spacial score (nSPS) is 10.5. The van der Waals surface area contributed by atoms with E-state index in [4.69, 9.17) is 15.2 Å². The molecule has 19 heavy (non-hydrogen) atoms. The highest BCUT2D eigenvalue weighted by Gasteiger charge is 2.11. The molecule has 1 aromatic heterocycles. The average molecular weight is 262 g/mol. The number of ether oxygens (including phenoxy) is 2. The van der Waals surface area contributed by atoms with Crippen LogP contribution < -0.4 is 15.2 Å². The van der Waals surface area contributed by atoms with Crippen LogP contribution in [0.3, 0.4) is 0 Å². The van der Waals surface area contributed by atoms with E-state index in [1.807, 2.05) is 32.0 Å². The first-order valence-electron chi connectivity index (χ1n) is 6.22. The van der Waals surface area contributed by atoms with Gasteiger partial charge in [-0.1, -0.05) is 0 Å². The zero-order valence-corrected chi connectivity index (χ0v) is 11.4. The van der Waals surface area contributed by atoms with Gasteiger partial charge in [0.05, 0.1) is 13.2 Å². The fraction of sp³-hybridized carbons (Fsp3) is 0.385. The Morgan fingerprint density at radius 3 is 2.42 bits per heavy atom. The highest BCUT2D eigenvalue weighted by Crippen LogP contribution is 2.31. The van der Waals surface area contributed by atoms with Crippen molar-refractivity contribution in [2.24, 2.45) is 7.05 Å². The predicted molar refractivity (Wildman–Crippen MR) is 73.2 cm³/mol. The predicted octanol–water partition coefficient (Wildman–Crippen LogP) is 1.86. The number of rotatable bonds is 5. The number of aromatic nitrogens is 3. The second-order valence-electron chi connectivity index (χ2n) is 3.94. The Kier molecular flexibility index (Phi) is 3.89. The summed E-state index contributed by atoms with van der Waals surface area (Å²) >= 11 is 0. The summed E-state index contributed by atoms with van der Waals surface area (Å²) in [5.74, 6) is 2.36. The van der Waals surface area contributed by atoms with Gasteiger partial charge in [0.25, 0.3) is 0 Å². The van der Waals surface area contributed by atoms with Crippen LogP contribution in [0.25, 0.3) is 11.4 Å². The van der Waals surface area contributed by atoms with E-state index in [0.29, 0.717) is 30.7 Å². The number of anilines is 1. The lowest BCUT2D eigenvalue weighted by Crippen LogP contribution is -1.99. The van der Waals surface area contributed by atoms with Gasteiger partial charge in [-0.3, -0.25) is 0 Å². The molecule has 0 amide bonds. The third kappa shape index (κ3) is 2.78. The molecular weight excluding hydrogens is 244 g/mol. The van der Waals surface area contributed by atoms with Crippen molar-refractivity contribution in [2.75, 3.05) is 18.9 Å². The Hall–Kier alpha value is -2.24. The monoisotopic (exact) mass is 262 g/mol. The van der Waals surface area contributed by atoms with E-state index >= 15 is 0 Å². The van der Waals surface area contributed by atoms with Crippen LogP contribution in [0.2, 0.25) is 0 Å². The molecule has 1 heterocycles. The fourth-order valence-electron chi connectivity index (χ4n) is 1.71. The molecule has 0 aliphatic heterocycles. The Morgan fingerprint density at radius 2 is 1.84 bits per heavy atom. The van der Waals surface area contributed by atoms with Crippen LogP contribution in [-0.4, -0.2) is 28.0 Å². The lowest BCUT2D eigenvalue weighted by atomic mass is 10.2. The van der Waals surface area contributed by atoms with Crippen LogP contribution in [0.5, 0.6) is 11.5 Å². The van der Waals surface area contributed by atoms with E-state index in [1.165, 1.54) is 4.68 Å². The number of benzene rings is 1. The van der Waals surface area contributed by atoms with Crippen LogP contribution in [0.4, 0.5) is 5.95 Å². The minimum Gasteiger partial charge on any atom is -0.490 e. The van der Waals surface area contributed by atoms with Crippen LogP contribution in [-0.2, 0) is 7.05 Å². The van der Waals surface area contributed by atoms with Crippen molar-refractivity contribution in [1.29, 1.82) is 0 Å². The number of nitrogen functional groups attached to an aromatic ring is 1. The summed E-state index contributed by atoms with van der Waals surface area (Å²) in [6, 6.07) is 5.61. The molecule has 6 nitrogen and oxygen atoms in total. The summed E-state index contributed by atoms with van der Waals surface area (Å²) in [6.45, 7) is 5.03. The molecule has 0 fully saturated rings. The Morgan fingerprint density at radius 1 is 1.16 bits per heavy atom. The summed E-state index contributed by atoms with van der Waals surface area (Å²) in [5.41, 5.74) is 6.53. The SMILES string of the molecule is CCOc1ccc(-c2nc(N)n(C)n2)cc1OCC. The molecular formula is C13H18N4O2. The van der Waals surface area contributed by atoms with Gasteiger partial charge in [0.15, 0.2) is 17.3 Å². The lowest BCUT2D eigenvalue weighted by molar-refractivity contribution is 0.288. The zero-order valence-electron chi connectivity index (χ0n) is 11.4. The molecule has 0 bridgehead atoms. The molecule has 0 aliphatic rings. The first-order valence-corrected chi connectivity index (χ1v) is 6.22. The highest BCUT2D eigenvalue weighted by molar-refractivity contribution is 5.61. The number of hydrogen-bond acceptors (Lipinski definition) is 5. The number of nitrogens with zero attached hydrogens (tertiary/aromatic N) is 3. The highest BCUT2D eigenvalue weighted by atomic mass is 16.5. The minimum absolute atomic E-state index is 0.377. The molecule has 102 valence electrons. The maximum absolute atomic E-state index is 5.69. The fourth-order valence-corrected chi connectivity index (χ4v) is 1.71. The largest absolute Gasteiger partial charge is 0.490 e. The smallest absolute Gasteiger partial charge is 0.218 e. The Bertz CT molecular complexity index is 546. The summed E-state index contributed by atoms with van der Waals surface area (Å²) in [6.07, 6.45) is 0. The molecule has 0 unspecified atom stereocenters. The molecule has 0 saturated heterocycles. The summed E-state index contributed by atoms with van der Waals surface area (Å²) in [4.78, 5) is 4.19. The lowest BCUT2D eigenvalue weighted by Gasteiger charge is -2.11. The van der Waals surface area contributed by atoms with Gasteiger partial charge in [-0.25, -0.2) is 4.68 Å². The van der Waals surface area contributed by atoms with E-state index in [1.54, 1.807) is 7.05 Å². The first-order chi connectivity index (χ1) is 9.15. The van der Waals surface area contributed by atoms with Crippen molar-refractivity contribution >= 4 is 5.95 Å².